The lowest BCUT2D eigenvalue weighted by Gasteiger charge is -2.26. The molecule has 7 heteroatoms. The summed E-state index contributed by atoms with van der Waals surface area (Å²) >= 11 is 0. The minimum atomic E-state index is -3.68. The summed E-state index contributed by atoms with van der Waals surface area (Å²) in [4.78, 5) is 12.8. The molecule has 2 rings (SSSR count). The number of primary sulfonamides is 1. The van der Waals surface area contributed by atoms with Crippen LogP contribution >= 0.6 is 0 Å². The third-order valence-corrected chi connectivity index (χ3v) is 6.25. The average Bonchev–Trinajstić information content (AvgIpc) is 2.97. The molecule has 3 N–H and O–H groups in total. The smallest absolute Gasteiger partial charge is 0.229 e. The van der Waals surface area contributed by atoms with Gasteiger partial charge < -0.3 is 10.1 Å². The molecule has 1 unspecified atom stereocenters. The predicted octanol–water partition coefficient (Wildman–Crippen LogP) is 3.53. The first-order valence-electron chi connectivity index (χ1n) is 9.91. The molecule has 1 aliphatic carbocycles. The zero-order valence-corrected chi connectivity index (χ0v) is 18.8. The molecule has 1 aromatic rings. The highest BCUT2D eigenvalue weighted by Gasteiger charge is 2.32. The van der Waals surface area contributed by atoms with Gasteiger partial charge in [-0.25, -0.2) is 13.6 Å². The highest BCUT2D eigenvalue weighted by Crippen LogP contribution is 2.45. The summed E-state index contributed by atoms with van der Waals surface area (Å²) in [6.07, 6.45) is 2.72. The molecule has 0 aromatic heterocycles. The fraction of sp³-hybridized carbons (Fsp3) is 0.667. The molecule has 6 nitrogen and oxygen atoms in total. The third-order valence-electron chi connectivity index (χ3n) is 5.56. The first-order valence-corrected chi connectivity index (χ1v) is 11.6. The standard InChI is InChI=1S/C21H34N2O4S/c1-7-27-11-10-15-8-9-16-13(2)17(12-28(22,25)26)14(3)19(18(15)16)23-20(24)21(4,5)6/h15H,7-12H2,1-6H3,(H,23,24)(H2,22,25,26). The van der Waals surface area contributed by atoms with Crippen molar-refractivity contribution in [2.75, 3.05) is 18.5 Å². The molecule has 158 valence electrons. The summed E-state index contributed by atoms with van der Waals surface area (Å²) < 4.78 is 29.2. The number of rotatable bonds is 7. The van der Waals surface area contributed by atoms with Crippen molar-refractivity contribution in [3.63, 3.8) is 0 Å². The summed E-state index contributed by atoms with van der Waals surface area (Å²) in [5, 5.41) is 8.46. The van der Waals surface area contributed by atoms with E-state index in [1.165, 1.54) is 0 Å². The molecule has 28 heavy (non-hydrogen) atoms. The van der Waals surface area contributed by atoms with E-state index in [2.05, 4.69) is 5.32 Å². The molecule has 1 amide bonds. The van der Waals surface area contributed by atoms with Gasteiger partial charge in [-0.15, -0.1) is 0 Å². The van der Waals surface area contributed by atoms with Crippen LogP contribution in [-0.4, -0.2) is 27.5 Å². The van der Waals surface area contributed by atoms with Crippen LogP contribution in [0.3, 0.4) is 0 Å². The SMILES string of the molecule is CCOCCC1CCc2c(C)c(CS(N)(=O)=O)c(C)c(NC(=O)C(C)(C)C)c21. The van der Waals surface area contributed by atoms with Crippen molar-refractivity contribution in [2.45, 2.75) is 72.5 Å². The Hall–Kier alpha value is -1.44. The zero-order chi connectivity index (χ0) is 21.3. The second-order valence-electron chi connectivity index (χ2n) is 8.73. The number of benzene rings is 1. The first kappa shape index (κ1) is 22.8. The van der Waals surface area contributed by atoms with Gasteiger partial charge in [-0.1, -0.05) is 20.8 Å². The number of carbonyl (C=O) groups excluding carboxylic acids is 1. The van der Waals surface area contributed by atoms with E-state index in [1.807, 2.05) is 41.5 Å². The summed E-state index contributed by atoms with van der Waals surface area (Å²) in [5.74, 6) is -0.0173. The lowest BCUT2D eigenvalue weighted by Crippen LogP contribution is -2.29. The second kappa shape index (κ2) is 8.51. The van der Waals surface area contributed by atoms with Crippen LogP contribution in [0.2, 0.25) is 0 Å². The minimum absolute atomic E-state index is 0.0846. The van der Waals surface area contributed by atoms with Gasteiger partial charge in [0.05, 0.1) is 5.75 Å². The van der Waals surface area contributed by atoms with Crippen molar-refractivity contribution in [1.29, 1.82) is 0 Å². The number of nitrogens with two attached hydrogens (primary N) is 1. The van der Waals surface area contributed by atoms with Gasteiger partial charge in [0, 0.05) is 24.3 Å². The van der Waals surface area contributed by atoms with E-state index in [0.717, 1.165) is 47.2 Å². The zero-order valence-electron chi connectivity index (χ0n) is 17.9. The maximum Gasteiger partial charge on any atom is 0.229 e. The Labute approximate surface area is 169 Å². The van der Waals surface area contributed by atoms with Gasteiger partial charge in [-0.05, 0) is 73.8 Å². The molecule has 1 aliphatic rings. The Morgan fingerprint density at radius 1 is 1.25 bits per heavy atom. The first-order chi connectivity index (χ1) is 12.9. The molecule has 0 saturated carbocycles. The summed E-state index contributed by atoms with van der Waals surface area (Å²) in [5.41, 5.74) is 4.99. The highest BCUT2D eigenvalue weighted by molar-refractivity contribution is 7.88. The largest absolute Gasteiger partial charge is 0.382 e. The maximum absolute atomic E-state index is 12.8. The number of carbonyl (C=O) groups is 1. The van der Waals surface area contributed by atoms with Crippen LogP contribution in [0.15, 0.2) is 0 Å². The van der Waals surface area contributed by atoms with Crippen LogP contribution in [0.25, 0.3) is 0 Å². The van der Waals surface area contributed by atoms with Crippen LogP contribution in [-0.2, 0) is 31.7 Å². The van der Waals surface area contributed by atoms with Crippen LogP contribution < -0.4 is 10.5 Å². The van der Waals surface area contributed by atoms with E-state index >= 15 is 0 Å². The van der Waals surface area contributed by atoms with Crippen LogP contribution in [0.5, 0.6) is 0 Å². The fourth-order valence-corrected chi connectivity index (χ4v) is 4.78. The highest BCUT2D eigenvalue weighted by atomic mass is 32.2. The monoisotopic (exact) mass is 410 g/mol. The lowest BCUT2D eigenvalue weighted by atomic mass is 9.88. The maximum atomic E-state index is 12.8. The summed E-state index contributed by atoms with van der Waals surface area (Å²) in [6, 6.07) is 0. The molecule has 0 spiro atoms. The molecule has 0 bridgehead atoms. The topological polar surface area (TPSA) is 98.5 Å². The van der Waals surface area contributed by atoms with Gasteiger partial charge in [0.2, 0.25) is 15.9 Å². The van der Waals surface area contributed by atoms with E-state index in [-0.39, 0.29) is 17.6 Å². The Bertz CT molecular complexity index is 854. The third kappa shape index (κ3) is 5.13. The molecule has 1 aromatic carbocycles. The normalized spacial score (nSPS) is 16.9. The summed E-state index contributed by atoms with van der Waals surface area (Å²) in [7, 11) is -3.68. The fourth-order valence-electron chi connectivity index (χ4n) is 3.94. The molecule has 0 aliphatic heterocycles. The van der Waals surface area contributed by atoms with Crippen molar-refractivity contribution in [3.05, 3.63) is 27.8 Å². The van der Waals surface area contributed by atoms with E-state index in [1.54, 1.807) is 0 Å². The van der Waals surface area contributed by atoms with Gasteiger partial charge in [-0.2, -0.15) is 0 Å². The Morgan fingerprint density at radius 2 is 1.89 bits per heavy atom. The summed E-state index contributed by atoms with van der Waals surface area (Å²) in [6.45, 7) is 12.8. The van der Waals surface area contributed by atoms with Crippen molar-refractivity contribution < 1.29 is 17.9 Å². The number of amides is 1. The molecule has 0 heterocycles. The van der Waals surface area contributed by atoms with E-state index in [0.29, 0.717) is 18.8 Å². The Balaban J connectivity index is 2.59. The van der Waals surface area contributed by atoms with E-state index < -0.39 is 15.4 Å². The van der Waals surface area contributed by atoms with Gasteiger partial charge in [0.25, 0.3) is 0 Å². The molecule has 0 fully saturated rings. The van der Waals surface area contributed by atoms with Crippen LogP contribution in [0, 0.1) is 19.3 Å². The number of hydrogen-bond donors (Lipinski definition) is 2. The quantitative estimate of drug-likeness (QED) is 0.672. The average molecular weight is 411 g/mol. The number of sulfonamides is 1. The van der Waals surface area contributed by atoms with E-state index in [4.69, 9.17) is 9.88 Å². The van der Waals surface area contributed by atoms with Crippen molar-refractivity contribution in [1.82, 2.24) is 0 Å². The number of ether oxygens (including phenoxy) is 1. The molecular formula is C21H34N2O4S. The van der Waals surface area contributed by atoms with Crippen LogP contribution in [0.1, 0.15) is 74.3 Å². The predicted molar refractivity (Wildman–Crippen MR) is 113 cm³/mol. The van der Waals surface area contributed by atoms with Gasteiger partial charge in [0.1, 0.15) is 0 Å². The van der Waals surface area contributed by atoms with Gasteiger partial charge in [-0.3, -0.25) is 4.79 Å². The van der Waals surface area contributed by atoms with Crippen LogP contribution in [0.4, 0.5) is 5.69 Å². The van der Waals surface area contributed by atoms with Crippen molar-refractivity contribution >= 4 is 21.6 Å². The molecule has 1 atom stereocenters. The van der Waals surface area contributed by atoms with Gasteiger partial charge in [0.15, 0.2) is 0 Å². The molecule has 0 radical (unpaired) electrons. The number of anilines is 1. The minimum Gasteiger partial charge on any atom is -0.382 e. The van der Waals surface area contributed by atoms with E-state index in [9.17, 15) is 13.2 Å². The Kier molecular flexibility index (Phi) is 6.94. The lowest BCUT2D eigenvalue weighted by molar-refractivity contribution is -0.123. The number of hydrogen-bond acceptors (Lipinski definition) is 4. The number of fused-ring (bicyclic) bond motifs is 1. The number of nitrogens with one attached hydrogen (secondary N) is 1. The molecular weight excluding hydrogens is 376 g/mol. The molecule has 0 saturated heterocycles. The second-order valence-corrected chi connectivity index (χ2v) is 10.3. The van der Waals surface area contributed by atoms with Crippen molar-refractivity contribution in [3.8, 4) is 0 Å². The van der Waals surface area contributed by atoms with Crippen molar-refractivity contribution in [2.24, 2.45) is 10.6 Å². The van der Waals surface area contributed by atoms with Gasteiger partial charge >= 0.3 is 0 Å². The Morgan fingerprint density at radius 3 is 2.43 bits per heavy atom.